The van der Waals surface area contributed by atoms with Gasteiger partial charge in [-0.05, 0) is 131 Å². The van der Waals surface area contributed by atoms with Crippen LogP contribution in [0.15, 0.2) is 224 Å². The molecule has 0 spiro atoms. The maximum Gasteiger partial charge on any atom is 0.145 e. The van der Waals surface area contributed by atoms with E-state index in [0.29, 0.717) is 0 Å². The van der Waals surface area contributed by atoms with Crippen LogP contribution in [0.5, 0.6) is 0 Å². The number of rotatable bonds is 6. The molecule has 0 unspecified atom stereocenters. The van der Waals surface area contributed by atoms with Crippen LogP contribution in [-0.2, 0) is 0 Å². The lowest BCUT2D eigenvalue weighted by Gasteiger charge is -2.20. The molecule has 0 atom stereocenters. The molecule has 0 bridgehead atoms. The number of fused-ring (bicyclic) bond motifs is 5. The van der Waals surface area contributed by atoms with Gasteiger partial charge in [-0.25, -0.2) is 4.98 Å². The van der Waals surface area contributed by atoms with E-state index in [2.05, 4.69) is 236 Å². The molecule has 2 heteroatoms. The van der Waals surface area contributed by atoms with Crippen molar-refractivity contribution in [3.8, 4) is 61.6 Å². The van der Waals surface area contributed by atoms with Gasteiger partial charge in [-0.3, -0.25) is 4.57 Å². The van der Waals surface area contributed by atoms with Crippen molar-refractivity contribution >= 4 is 54.1 Å². The Morgan fingerprint density at radius 3 is 1.15 bits per heavy atom. The quantitative estimate of drug-likeness (QED) is 0.153. The average Bonchev–Trinajstić information content (AvgIpc) is 3.73. The first-order chi connectivity index (χ1) is 30.7. The molecule has 290 valence electrons. The van der Waals surface area contributed by atoms with Gasteiger partial charge in [0.05, 0.1) is 11.0 Å². The maximum absolute atomic E-state index is 5.23. The summed E-state index contributed by atoms with van der Waals surface area (Å²) in [6, 6.07) is 81.9. The molecule has 0 fully saturated rings. The van der Waals surface area contributed by atoms with Gasteiger partial charge in [-0.15, -0.1) is 0 Å². The van der Waals surface area contributed by atoms with Gasteiger partial charge >= 0.3 is 0 Å². The summed E-state index contributed by atoms with van der Waals surface area (Å²) in [5, 5.41) is 9.93. The molecule has 1 aromatic heterocycles. The van der Waals surface area contributed by atoms with E-state index < -0.39 is 0 Å². The van der Waals surface area contributed by atoms with Crippen LogP contribution in [-0.4, -0.2) is 9.55 Å². The molecule has 1 heterocycles. The number of para-hydroxylation sites is 3. The number of imidazole rings is 1. The van der Waals surface area contributed by atoms with Crippen LogP contribution in [0.2, 0.25) is 0 Å². The summed E-state index contributed by atoms with van der Waals surface area (Å²) in [4.78, 5) is 5.23. The molecule has 0 saturated carbocycles. The number of hydrogen-bond acceptors (Lipinski definition) is 1. The van der Waals surface area contributed by atoms with Gasteiger partial charge in [0.15, 0.2) is 0 Å². The first-order valence-corrected chi connectivity index (χ1v) is 21.4. The Kier molecular flexibility index (Phi) is 8.43. The number of benzene rings is 11. The third kappa shape index (κ3) is 5.76. The van der Waals surface area contributed by atoms with Gasteiger partial charge in [-0.2, -0.15) is 0 Å². The Morgan fingerprint density at radius 1 is 0.306 bits per heavy atom. The van der Waals surface area contributed by atoms with E-state index >= 15 is 0 Å². The molecule has 11 aromatic carbocycles. The van der Waals surface area contributed by atoms with Gasteiger partial charge in [0, 0.05) is 11.3 Å². The van der Waals surface area contributed by atoms with E-state index in [-0.39, 0.29) is 0 Å². The third-order valence-corrected chi connectivity index (χ3v) is 12.6. The lowest BCUT2D eigenvalue weighted by atomic mass is 9.83. The van der Waals surface area contributed by atoms with Crippen molar-refractivity contribution in [2.45, 2.75) is 6.92 Å². The zero-order valence-electron chi connectivity index (χ0n) is 34.3. The van der Waals surface area contributed by atoms with Gasteiger partial charge < -0.3 is 0 Å². The van der Waals surface area contributed by atoms with Crippen LogP contribution in [0.1, 0.15) is 5.56 Å². The Labute approximate surface area is 360 Å². The minimum Gasteiger partial charge on any atom is -0.292 e. The summed E-state index contributed by atoms with van der Waals surface area (Å²) in [6.45, 7) is 2.15. The molecule has 0 aliphatic carbocycles. The van der Waals surface area contributed by atoms with Crippen molar-refractivity contribution in [3.63, 3.8) is 0 Å². The monoisotopic (exact) mass is 788 g/mol. The summed E-state index contributed by atoms with van der Waals surface area (Å²) in [6.07, 6.45) is 0. The lowest BCUT2D eigenvalue weighted by molar-refractivity contribution is 1.10. The topological polar surface area (TPSA) is 17.8 Å². The molecule has 0 aliphatic heterocycles. The highest BCUT2D eigenvalue weighted by Gasteiger charge is 2.21. The average molecular weight is 789 g/mol. The van der Waals surface area contributed by atoms with Gasteiger partial charge in [0.25, 0.3) is 0 Å². The fourth-order valence-corrected chi connectivity index (χ4v) is 9.92. The SMILES string of the molecule is Cc1ccc(-c2c3ccccc3c(-c3cccc(-c4c5ccccc5c(-c5cccc(-c6nc7ccccc7n6-c6ccccc6)c5)c5ccccc45)c3)c3ccccc23)cc1. The minimum absolute atomic E-state index is 0.924. The summed E-state index contributed by atoms with van der Waals surface area (Å²) in [7, 11) is 0. The maximum atomic E-state index is 5.23. The highest BCUT2D eigenvalue weighted by atomic mass is 15.1. The van der Waals surface area contributed by atoms with E-state index in [1.807, 2.05) is 0 Å². The lowest BCUT2D eigenvalue weighted by Crippen LogP contribution is -1.97. The van der Waals surface area contributed by atoms with Crippen LogP contribution in [0.25, 0.3) is 116 Å². The third-order valence-electron chi connectivity index (χ3n) is 12.6. The predicted octanol–water partition coefficient (Wildman–Crippen LogP) is 16.3. The van der Waals surface area contributed by atoms with Crippen LogP contribution < -0.4 is 0 Å². The van der Waals surface area contributed by atoms with E-state index in [1.165, 1.54) is 87.6 Å². The molecule has 0 saturated heterocycles. The molecule has 12 rings (SSSR count). The van der Waals surface area contributed by atoms with Crippen molar-refractivity contribution in [1.29, 1.82) is 0 Å². The highest BCUT2D eigenvalue weighted by Crippen LogP contribution is 2.47. The number of aromatic nitrogens is 2. The normalized spacial score (nSPS) is 11.6. The van der Waals surface area contributed by atoms with Gasteiger partial charge in [0.2, 0.25) is 0 Å². The molecule has 0 amide bonds. The van der Waals surface area contributed by atoms with Crippen LogP contribution >= 0.6 is 0 Å². The number of aryl methyl sites for hydroxylation is 1. The van der Waals surface area contributed by atoms with E-state index in [1.54, 1.807) is 0 Å². The van der Waals surface area contributed by atoms with Crippen molar-refractivity contribution in [1.82, 2.24) is 9.55 Å². The standard InChI is InChI=1S/C60H40N2/c1-39-33-35-40(36-34-39)56-46-23-5-7-25-48(46)57(49-26-8-6-24-47(49)56)41-17-15-18-42(37-41)58-50-27-9-11-29-52(50)59(53-30-12-10-28-51(53)58)43-19-16-20-44(38-43)60-61-54-31-13-14-32-55(54)62(60)45-21-3-2-4-22-45/h2-38H,1H3. The zero-order valence-corrected chi connectivity index (χ0v) is 34.3. The smallest absolute Gasteiger partial charge is 0.145 e. The Balaban J connectivity index is 1.07. The summed E-state index contributed by atoms with van der Waals surface area (Å²) in [5.41, 5.74) is 15.3. The molecule has 12 aromatic rings. The van der Waals surface area contributed by atoms with Crippen LogP contribution in [0.3, 0.4) is 0 Å². The molecule has 0 aliphatic rings. The summed E-state index contributed by atoms with van der Waals surface area (Å²) < 4.78 is 2.28. The van der Waals surface area contributed by atoms with Crippen molar-refractivity contribution in [3.05, 3.63) is 230 Å². The second-order valence-corrected chi connectivity index (χ2v) is 16.3. The van der Waals surface area contributed by atoms with Gasteiger partial charge in [-0.1, -0.05) is 194 Å². The predicted molar refractivity (Wildman–Crippen MR) is 263 cm³/mol. The Hall–Kier alpha value is -8.07. The molecular weight excluding hydrogens is 749 g/mol. The van der Waals surface area contributed by atoms with Gasteiger partial charge in [0.1, 0.15) is 5.82 Å². The Bertz CT molecular complexity index is 3570. The molecule has 0 N–H and O–H groups in total. The van der Waals surface area contributed by atoms with E-state index in [9.17, 15) is 0 Å². The van der Waals surface area contributed by atoms with Crippen molar-refractivity contribution in [2.24, 2.45) is 0 Å². The van der Waals surface area contributed by atoms with Crippen molar-refractivity contribution in [2.75, 3.05) is 0 Å². The molecule has 2 nitrogen and oxygen atoms in total. The fraction of sp³-hybridized carbons (Fsp3) is 0.0167. The largest absolute Gasteiger partial charge is 0.292 e. The van der Waals surface area contributed by atoms with Crippen molar-refractivity contribution < 1.29 is 0 Å². The van der Waals surface area contributed by atoms with E-state index in [0.717, 1.165) is 33.7 Å². The second kappa shape index (κ2) is 14.6. The first-order valence-electron chi connectivity index (χ1n) is 21.4. The zero-order chi connectivity index (χ0) is 41.1. The van der Waals surface area contributed by atoms with E-state index in [4.69, 9.17) is 4.98 Å². The first kappa shape index (κ1) is 35.8. The van der Waals surface area contributed by atoms with Crippen LogP contribution in [0, 0.1) is 6.92 Å². The second-order valence-electron chi connectivity index (χ2n) is 16.3. The number of hydrogen-bond donors (Lipinski definition) is 0. The summed E-state index contributed by atoms with van der Waals surface area (Å²) in [5.74, 6) is 0.924. The summed E-state index contributed by atoms with van der Waals surface area (Å²) >= 11 is 0. The van der Waals surface area contributed by atoms with Crippen LogP contribution in [0.4, 0.5) is 0 Å². The highest BCUT2D eigenvalue weighted by molar-refractivity contribution is 6.23. The Morgan fingerprint density at radius 2 is 0.677 bits per heavy atom. The fourth-order valence-electron chi connectivity index (χ4n) is 9.92. The molecular formula is C60H40N2. The minimum atomic E-state index is 0.924. The molecule has 0 radical (unpaired) electrons. The molecule has 62 heavy (non-hydrogen) atoms. The number of nitrogens with zero attached hydrogens (tertiary/aromatic N) is 2.